The van der Waals surface area contributed by atoms with E-state index in [-0.39, 0.29) is 31.5 Å². The molecule has 2 aromatic carbocycles. The Morgan fingerprint density at radius 1 is 0.872 bits per heavy atom. The zero-order valence-electron chi connectivity index (χ0n) is 27.5. The molecule has 39 heavy (non-hydrogen) atoms. The van der Waals surface area contributed by atoms with Gasteiger partial charge in [0.15, 0.2) is 0 Å². The summed E-state index contributed by atoms with van der Waals surface area (Å²) in [7, 11) is -1.23. The Hall–Kier alpha value is -3.09. The number of aromatic nitrogens is 3. The molecule has 4 aromatic heterocycles. The van der Waals surface area contributed by atoms with Gasteiger partial charge in [-0.2, -0.15) is 11.3 Å². The van der Waals surface area contributed by atoms with Crippen LogP contribution in [0.1, 0.15) is 19.5 Å². The van der Waals surface area contributed by atoms with Crippen LogP contribution in [0.4, 0.5) is 4.39 Å². The third-order valence-corrected chi connectivity index (χ3v) is 9.19. The van der Waals surface area contributed by atoms with Crippen molar-refractivity contribution in [3.8, 4) is 22.5 Å². The molecule has 0 aliphatic rings. The first-order valence-corrected chi connectivity index (χ1v) is 16.3. The molecule has 0 amide bonds. The summed E-state index contributed by atoms with van der Waals surface area (Å²) in [5.74, 6) is -0.892. The Morgan fingerprint density at radius 2 is 1.72 bits per heavy atom. The predicted octanol–water partition coefficient (Wildman–Crippen LogP) is 8.16. The number of nitrogens with zero attached hydrogens (tertiary/aromatic N) is 3. The summed E-state index contributed by atoms with van der Waals surface area (Å²) in [6.45, 7) is 2.08. The van der Waals surface area contributed by atoms with Gasteiger partial charge in [-0.3, -0.25) is 0 Å². The number of hydrogen-bond donors (Lipinski definition) is 0. The van der Waals surface area contributed by atoms with Crippen LogP contribution in [0.15, 0.2) is 79.1 Å². The van der Waals surface area contributed by atoms with E-state index in [1.54, 1.807) is 12.1 Å². The van der Waals surface area contributed by atoms with Gasteiger partial charge in [-0.05, 0) is 52.0 Å². The van der Waals surface area contributed by atoms with Crippen LogP contribution in [0.3, 0.4) is 0 Å². The summed E-state index contributed by atoms with van der Waals surface area (Å²) in [5, 5.41) is 2.99. The van der Waals surface area contributed by atoms with E-state index in [9.17, 15) is 4.39 Å². The molecule has 1 radical (unpaired) electrons. The van der Waals surface area contributed by atoms with E-state index in [1.165, 1.54) is 28.7 Å². The Balaban J connectivity index is 0.000000231. The van der Waals surface area contributed by atoms with Crippen LogP contribution in [-0.4, -0.2) is 23.0 Å². The molecule has 0 aliphatic carbocycles. The normalized spacial score (nSPS) is 14.1. The molecule has 6 aromatic rings. The van der Waals surface area contributed by atoms with Crippen molar-refractivity contribution in [3.05, 3.63) is 108 Å². The van der Waals surface area contributed by atoms with Crippen LogP contribution < -0.4 is 5.19 Å². The van der Waals surface area contributed by atoms with Gasteiger partial charge in [0.1, 0.15) is 10.6 Å². The van der Waals surface area contributed by atoms with Gasteiger partial charge in [0.25, 0.3) is 0 Å². The van der Waals surface area contributed by atoms with Crippen molar-refractivity contribution in [2.24, 2.45) is 0 Å². The molecular formula is C32H28FIrN3SSi-2. The number of fused-ring (bicyclic) bond motifs is 3. The molecule has 7 heteroatoms. The quantitative estimate of drug-likeness (QED) is 0.136. The summed E-state index contributed by atoms with van der Waals surface area (Å²) in [5.41, 5.74) is 2.45. The van der Waals surface area contributed by atoms with Crippen LogP contribution >= 0.6 is 11.3 Å². The second-order valence-electron chi connectivity index (χ2n) is 9.75. The molecular weight excluding hydrogens is 698 g/mol. The summed E-state index contributed by atoms with van der Waals surface area (Å²) >= 11 is 1.26. The molecule has 0 bridgehead atoms. The molecule has 0 saturated heterocycles. The van der Waals surface area contributed by atoms with Crippen molar-refractivity contribution >= 4 is 44.9 Å². The van der Waals surface area contributed by atoms with Crippen molar-refractivity contribution in [1.29, 1.82) is 0 Å². The van der Waals surface area contributed by atoms with Crippen molar-refractivity contribution in [3.63, 3.8) is 0 Å². The smallest absolute Gasteiger partial charge is 0.142 e. The molecule has 0 fully saturated rings. The number of halogens is 1. The first-order chi connectivity index (χ1) is 20.6. The van der Waals surface area contributed by atoms with Gasteiger partial charge in [-0.25, -0.2) is 9.37 Å². The van der Waals surface area contributed by atoms with Gasteiger partial charge in [0, 0.05) is 40.2 Å². The van der Waals surface area contributed by atoms with Gasteiger partial charge in [-0.1, -0.05) is 49.3 Å². The summed E-state index contributed by atoms with van der Waals surface area (Å²) < 4.78 is 59.7. The minimum Gasteiger partial charge on any atom is -0.305 e. The topological polar surface area (TPSA) is 38.7 Å². The van der Waals surface area contributed by atoms with Crippen LogP contribution in [0.2, 0.25) is 19.6 Å². The van der Waals surface area contributed by atoms with E-state index >= 15 is 0 Å². The summed E-state index contributed by atoms with van der Waals surface area (Å²) in [6, 6.07) is 26.3. The third kappa shape index (κ3) is 6.39. The number of hydrogen-bond acceptors (Lipinski definition) is 4. The molecule has 0 saturated carbocycles. The van der Waals surface area contributed by atoms with Crippen LogP contribution in [-0.2, 0) is 20.1 Å². The fourth-order valence-corrected chi connectivity index (χ4v) is 6.15. The van der Waals surface area contributed by atoms with Crippen molar-refractivity contribution in [2.75, 3.05) is 0 Å². The Morgan fingerprint density at radius 3 is 2.41 bits per heavy atom. The van der Waals surface area contributed by atoms with Gasteiger partial charge < -0.3 is 9.97 Å². The first kappa shape index (κ1) is 21.7. The van der Waals surface area contributed by atoms with Gasteiger partial charge >= 0.3 is 0 Å². The van der Waals surface area contributed by atoms with Gasteiger partial charge in [-0.15, -0.1) is 59.7 Å². The van der Waals surface area contributed by atoms with Gasteiger partial charge in [0.2, 0.25) is 0 Å². The van der Waals surface area contributed by atoms with Crippen molar-refractivity contribution < 1.29 is 32.7 Å². The average molecular weight is 732 g/mol. The zero-order chi connectivity index (χ0) is 31.9. The number of benzene rings is 2. The molecule has 6 rings (SSSR count). The molecule has 0 spiro atoms. The molecule has 4 heterocycles. The largest absolute Gasteiger partial charge is 0.305 e. The standard InChI is InChI=1S/C18H12FN2S.C14H16NSi.Ir/c1-10-8-16(20-9-15(10)19)14-5-3-4-12-13-7-6-11(2)21-18(13)22-17(12)14;1-16(2,3)13-9-10-14(15-11-13)12-7-5-4-6-8-12;/h3-4,6-9H,1-2H3;4-7,9-11H,1-3H3;/q2*-1;/i1D3,2D3;;. The first-order valence-electron chi connectivity index (χ1n) is 15.0. The van der Waals surface area contributed by atoms with E-state index < -0.39 is 33.2 Å². The van der Waals surface area contributed by atoms with Crippen molar-refractivity contribution in [1.82, 2.24) is 15.0 Å². The molecule has 199 valence electrons. The summed E-state index contributed by atoms with van der Waals surface area (Å²) in [4.78, 5) is 13.4. The molecule has 0 N–H and O–H groups in total. The fraction of sp³-hybridized carbons (Fsp3) is 0.156. The van der Waals surface area contributed by atoms with E-state index in [2.05, 4.69) is 58.9 Å². The number of pyridine rings is 3. The Bertz CT molecular complexity index is 1940. The molecule has 0 unspecified atom stereocenters. The predicted molar refractivity (Wildman–Crippen MR) is 160 cm³/mol. The van der Waals surface area contributed by atoms with E-state index in [1.807, 2.05) is 36.5 Å². The van der Waals surface area contributed by atoms with E-state index in [0.29, 0.717) is 10.4 Å². The minimum absolute atomic E-state index is 0. The monoisotopic (exact) mass is 732 g/mol. The Kier molecular flexibility index (Phi) is 6.66. The maximum absolute atomic E-state index is 13.9. The zero-order valence-corrected chi connectivity index (χ0v) is 25.7. The SMILES string of the molecule is C[Si](C)(C)c1ccc(-c2[c-]cccc2)nc1.[2H]C([2H])([2H])c1ccc2c(n1)sc1c(-c3cc(C([2H])([2H])[2H])c(F)cn3)[c-]ccc12.[Ir]. The van der Waals surface area contributed by atoms with E-state index in [4.69, 9.17) is 8.22 Å². The Labute approximate surface area is 256 Å². The molecule has 0 atom stereocenters. The minimum atomic E-state index is -2.61. The third-order valence-electron chi connectivity index (χ3n) is 6.02. The average Bonchev–Trinajstić information content (AvgIpc) is 3.35. The molecule has 0 aliphatic heterocycles. The number of thiophene rings is 1. The maximum Gasteiger partial charge on any atom is 0.142 e. The van der Waals surface area contributed by atoms with Crippen molar-refractivity contribution in [2.45, 2.75) is 33.3 Å². The second kappa shape index (κ2) is 12.0. The fourth-order valence-electron chi connectivity index (χ4n) is 3.94. The second-order valence-corrected chi connectivity index (χ2v) is 15.8. The summed E-state index contributed by atoms with van der Waals surface area (Å²) in [6.07, 6.45) is 2.91. The maximum atomic E-state index is 13.9. The van der Waals surface area contributed by atoms with Crippen LogP contribution in [0.25, 0.3) is 42.8 Å². The van der Waals surface area contributed by atoms with Crippen LogP contribution in [0.5, 0.6) is 0 Å². The van der Waals surface area contributed by atoms with E-state index in [0.717, 1.165) is 32.9 Å². The van der Waals surface area contributed by atoms with Crippen LogP contribution in [0, 0.1) is 31.7 Å². The number of aryl methyl sites for hydroxylation is 2. The number of rotatable bonds is 3. The molecule has 3 nitrogen and oxygen atoms in total. The van der Waals surface area contributed by atoms with Gasteiger partial charge in [0.05, 0.1) is 14.3 Å².